The molecule has 2 aromatic heterocycles. The number of ether oxygens (including phenoxy) is 1. The molecule has 0 radical (unpaired) electrons. The van der Waals surface area contributed by atoms with E-state index >= 15 is 0 Å². The topological polar surface area (TPSA) is 113 Å². The Morgan fingerprint density at radius 2 is 2.06 bits per heavy atom. The lowest BCUT2D eigenvalue weighted by Gasteiger charge is -2.16. The monoisotopic (exact) mass is 446 g/mol. The fourth-order valence-corrected chi connectivity index (χ4v) is 3.61. The van der Waals surface area contributed by atoms with Gasteiger partial charge in [0.25, 0.3) is 0 Å². The molecule has 166 valence electrons. The van der Waals surface area contributed by atoms with Crippen molar-refractivity contribution in [2.75, 3.05) is 12.4 Å². The third-order valence-corrected chi connectivity index (χ3v) is 5.10. The number of H-pyrrole nitrogens is 1. The van der Waals surface area contributed by atoms with E-state index in [1.807, 2.05) is 13.0 Å². The maximum atomic E-state index is 12.4. The number of benzene rings is 1. The van der Waals surface area contributed by atoms with Crippen molar-refractivity contribution in [2.24, 2.45) is 0 Å². The van der Waals surface area contributed by atoms with Gasteiger partial charge in [-0.15, -0.1) is 5.10 Å². The zero-order valence-corrected chi connectivity index (χ0v) is 19.0. The van der Waals surface area contributed by atoms with Gasteiger partial charge in [0.15, 0.2) is 11.5 Å². The number of esters is 1. The molecule has 3 N–H and O–H groups in total. The van der Waals surface area contributed by atoms with Crippen molar-refractivity contribution < 1.29 is 14.3 Å². The number of carbonyl (C=O) groups is 2. The number of amides is 2. The van der Waals surface area contributed by atoms with Gasteiger partial charge in [0.05, 0.1) is 12.8 Å². The van der Waals surface area contributed by atoms with Crippen LogP contribution in [0.1, 0.15) is 46.2 Å². The number of nitrogens with zero attached hydrogens (tertiary/aromatic N) is 3. The summed E-state index contributed by atoms with van der Waals surface area (Å²) in [5.74, 6) is -0.00868. The van der Waals surface area contributed by atoms with Crippen molar-refractivity contribution in [3.63, 3.8) is 0 Å². The minimum atomic E-state index is -0.701. The molecule has 3 aromatic rings. The lowest BCUT2D eigenvalue weighted by atomic mass is 9.92. The van der Waals surface area contributed by atoms with E-state index < -0.39 is 18.0 Å². The summed E-state index contributed by atoms with van der Waals surface area (Å²) in [6, 6.07) is 5.91. The predicted octanol–water partition coefficient (Wildman–Crippen LogP) is 4.14. The van der Waals surface area contributed by atoms with E-state index in [1.165, 1.54) is 7.11 Å². The van der Waals surface area contributed by atoms with E-state index in [9.17, 15) is 9.59 Å². The molecular formula is C21H27ClN6O3. The minimum Gasteiger partial charge on any atom is -0.467 e. The smallest absolute Gasteiger partial charge is 0.328 e. The number of hydrogen-bond acceptors (Lipinski definition) is 5. The summed E-state index contributed by atoms with van der Waals surface area (Å²) in [7, 11) is 1.30. The molecule has 10 heteroatoms. The summed E-state index contributed by atoms with van der Waals surface area (Å²) in [5, 5.41) is 13.6. The molecular weight excluding hydrogens is 420 g/mol. The number of fused-ring (bicyclic) bond motifs is 1. The molecule has 0 bridgehead atoms. The van der Waals surface area contributed by atoms with Crippen LogP contribution in [0.25, 0.3) is 17.0 Å². The van der Waals surface area contributed by atoms with E-state index in [-0.39, 0.29) is 5.41 Å². The van der Waals surface area contributed by atoms with Crippen LogP contribution in [0, 0.1) is 0 Å². The first-order valence-electron chi connectivity index (χ1n) is 10.0. The summed E-state index contributed by atoms with van der Waals surface area (Å²) < 4.78 is 6.29. The molecule has 3 rings (SSSR count). The Hall–Kier alpha value is -3.07. The fraction of sp³-hybridized carbons (Fsp3) is 0.429. The molecule has 0 fully saturated rings. The predicted molar refractivity (Wildman–Crippen MR) is 119 cm³/mol. The van der Waals surface area contributed by atoms with Crippen LogP contribution in [0.15, 0.2) is 24.3 Å². The van der Waals surface area contributed by atoms with Gasteiger partial charge in [-0.25, -0.2) is 14.6 Å². The Kier molecular flexibility index (Phi) is 6.54. The van der Waals surface area contributed by atoms with Crippen LogP contribution in [0.5, 0.6) is 0 Å². The highest BCUT2D eigenvalue weighted by Gasteiger charge is 2.24. The Morgan fingerprint density at radius 3 is 2.68 bits per heavy atom. The molecule has 0 aliphatic carbocycles. The van der Waals surface area contributed by atoms with Crippen LogP contribution in [0.4, 0.5) is 10.5 Å². The van der Waals surface area contributed by atoms with Gasteiger partial charge in [0.1, 0.15) is 11.1 Å². The van der Waals surface area contributed by atoms with Gasteiger partial charge in [0, 0.05) is 16.7 Å². The highest BCUT2D eigenvalue weighted by molar-refractivity contribution is 6.34. The summed E-state index contributed by atoms with van der Waals surface area (Å²) in [4.78, 5) is 28.7. The van der Waals surface area contributed by atoms with Crippen LogP contribution in [-0.4, -0.2) is 45.0 Å². The van der Waals surface area contributed by atoms with Crippen LogP contribution in [0.3, 0.4) is 0 Å². The first kappa shape index (κ1) is 22.6. The quantitative estimate of drug-likeness (QED) is 0.492. The zero-order chi connectivity index (χ0) is 22.8. The molecule has 0 spiro atoms. The molecule has 2 amide bonds. The number of anilines is 1. The van der Waals surface area contributed by atoms with Gasteiger partial charge in [-0.2, -0.15) is 4.63 Å². The molecule has 0 aliphatic heterocycles. The fourth-order valence-electron chi connectivity index (χ4n) is 3.16. The van der Waals surface area contributed by atoms with Crippen LogP contribution >= 0.6 is 11.6 Å². The highest BCUT2D eigenvalue weighted by Crippen LogP contribution is 2.32. The van der Waals surface area contributed by atoms with Crippen LogP contribution in [-0.2, 0) is 14.9 Å². The standard InChI is InChI=1S/C21H27ClN6O3/c1-6-8-14(19(29)31-5)24-20(30)23-13-10-7-9-12(11-13)17-25-18-15(22)16(21(2,3)4)26-28(18)27-17/h7,9-11,14,26H,6,8H2,1-5H3,(H2,23,24,30). The average Bonchev–Trinajstić information content (AvgIpc) is 3.26. The van der Waals surface area contributed by atoms with E-state index in [0.29, 0.717) is 34.2 Å². The molecule has 0 saturated heterocycles. The van der Waals surface area contributed by atoms with Crippen molar-refractivity contribution in [2.45, 2.75) is 52.0 Å². The van der Waals surface area contributed by atoms with Gasteiger partial charge >= 0.3 is 12.0 Å². The van der Waals surface area contributed by atoms with Gasteiger partial charge in [-0.1, -0.05) is 57.8 Å². The van der Waals surface area contributed by atoms with E-state index in [2.05, 4.69) is 46.6 Å². The number of carbonyl (C=O) groups excluding carboxylic acids is 2. The molecule has 1 atom stereocenters. The Balaban J connectivity index is 1.78. The molecule has 31 heavy (non-hydrogen) atoms. The van der Waals surface area contributed by atoms with Gasteiger partial charge in [0.2, 0.25) is 0 Å². The zero-order valence-electron chi connectivity index (χ0n) is 18.2. The number of rotatable bonds is 6. The number of methoxy groups -OCH3 is 1. The maximum Gasteiger partial charge on any atom is 0.328 e. The number of aromatic nitrogens is 4. The van der Waals surface area contributed by atoms with Crippen molar-refractivity contribution in [3.05, 3.63) is 35.0 Å². The Morgan fingerprint density at radius 1 is 1.32 bits per heavy atom. The van der Waals surface area contributed by atoms with E-state index in [4.69, 9.17) is 16.3 Å². The first-order valence-corrected chi connectivity index (χ1v) is 10.4. The summed E-state index contributed by atoms with van der Waals surface area (Å²) in [5.41, 5.74) is 2.47. The van der Waals surface area contributed by atoms with E-state index in [0.717, 1.165) is 12.1 Å². The highest BCUT2D eigenvalue weighted by atomic mass is 35.5. The largest absolute Gasteiger partial charge is 0.467 e. The molecule has 0 aliphatic rings. The van der Waals surface area contributed by atoms with Crippen molar-refractivity contribution in [1.29, 1.82) is 0 Å². The number of halogens is 1. The van der Waals surface area contributed by atoms with Gasteiger partial charge in [-0.3, -0.25) is 5.10 Å². The second kappa shape index (κ2) is 8.97. The number of urea groups is 1. The number of nitrogens with one attached hydrogen (secondary N) is 3. The summed E-state index contributed by atoms with van der Waals surface area (Å²) in [6.45, 7) is 8.08. The number of aromatic amines is 1. The normalized spacial score (nSPS) is 12.6. The van der Waals surface area contributed by atoms with Gasteiger partial charge in [-0.05, 0) is 18.6 Å². The molecule has 0 saturated carbocycles. The minimum absolute atomic E-state index is 0.170. The molecule has 2 heterocycles. The summed E-state index contributed by atoms with van der Waals surface area (Å²) >= 11 is 6.50. The lowest BCUT2D eigenvalue weighted by molar-refractivity contribution is -0.143. The Bertz CT molecular complexity index is 1100. The first-order chi connectivity index (χ1) is 14.6. The van der Waals surface area contributed by atoms with Gasteiger partial charge < -0.3 is 15.4 Å². The Labute approximate surface area is 185 Å². The lowest BCUT2D eigenvalue weighted by Crippen LogP contribution is -2.43. The SMILES string of the molecule is CCCC(NC(=O)Nc1cccc(-c2nc3c(Cl)c(C(C)(C)C)[nH]n3n2)c1)C(=O)OC. The van der Waals surface area contributed by atoms with Crippen molar-refractivity contribution in [3.8, 4) is 11.4 Å². The number of hydrogen-bond donors (Lipinski definition) is 3. The third kappa shape index (κ3) is 4.99. The average molecular weight is 447 g/mol. The van der Waals surface area contributed by atoms with E-state index in [1.54, 1.807) is 22.8 Å². The van der Waals surface area contributed by atoms with Crippen LogP contribution in [0.2, 0.25) is 5.02 Å². The second-order valence-corrected chi connectivity index (χ2v) is 8.64. The molecule has 1 aromatic carbocycles. The maximum absolute atomic E-state index is 12.4. The van der Waals surface area contributed by atoms with Crippen LogP contribution < -0.4 is 10.6 Å². The van der Waals surface area contributed by atoms with Crippen molar-refractivity contribution in [1.82, 2.24) is 25.1 Å². The van der Waals surface area contributed by atoms with Crippen molar-refractivity contribution >= 4 is 34.9 Å². The second-order valence-electron chi connectivity index (χ2n) is 8.27. The third-order valence-electron chi connectivity index (χ3n) is 4.74. The molecule has 9 nitrogen and oxygen atoms in total. The summed E-state index contributed by atoms with van der Waals surface area (Å²) in [6.07, 6.45) is 1.22. The molecule has 1 unspecified atom stereocenters.